The summed E-state index contributed by atoms with van der Waals surface area (Å²) < 4.78 is 16.7. The minimum atomic E-state index is -1.28. The Morgan fingerprint density at radius 3 is 0.682 bits per heavy atom. The van der Waals surface area contributed by atoms with Crippen molar-refractivity contribution in [1.29, 1.82) is 0 Å². The lowest BCUT2D eigenvalue weighted by Gasteiger charge is -2.29. The normalized spacial score (nSPS) is 12.0. The van der Waals surface area contributed by atoms with Gasteiger partial charge >= 0.3 is 17.9 Å². The highest BCUT2D eigenvalue weighted by molar-refractivity contribution is 5.83. The van der Waals surface area contributed by atoms with E-state index in [9.17, 15) is 19.5 Å². The summed E-state index contributed by atoms with van der Waals surface area (Å²) >= 11 is 0. The Morgan fingerprint density at radius 2 is 0.500 bits per heavy atom. The average Bonchev–Trinajstić information content (AvgIpc) is 3.32. The second-order valence-corrected chi connectivity index (χ2v) is 19.8. The van der Waals surface area contributed by atoms with Gasteiger partial charge in [0.15, 0.2) is 0 Å². The lowest BCUT2D eigenvalue weighted by Crippen LogP contribution is -2.42. The number of carbonyl (C=O) groups is 3. The monoisotopic (exact) mass is 929 g/mol. The van der Waals surface area contributed by atoms with E-state index >= 15 is 0 Å². The molecule has 0 aliphatic carbocycles. The molecule has 1 N–H and O–H groups in total. The van der Waals surface area contributed by atoms with Crippen molar-refractivity contribution in [2.45, 2.75) is 290 Å². The van der Waals surface area contributed by atoms with Crippen LogP contribution in [-0.4, -0.2) is 49.4 Å². The number of carbonyl (C=O) groups excluding carboxylic acids is 3. The van der Waals surface area contributed by atoms with Crippen LogP contribution in [0.15, 0.2) is 36.5 Å². The van der Waals surface area contributed by atoms with Crippen LogP contribution < -0.4 is 0 Å². The van der Waals surface area contributed by atoms with Crippen LogP contribution in [-0.2, 0) is 28.6 Å². The third-order valence-electron chi connectivity index (χ3n) is 13.1. The number of aliphatic hydroxyl groups excluding tert-OH is 1. The van der Waals surface area contributed by atoms with Crippen molar-refractivity contribution >= 4 is 17.9 Å². The largest absolute Gasteiger partial charge is 0.462 e. The molecule has 7 heteroatoms. The molecular formula is C59H108O7. The Morgan fingerprint density at radius 1 is 0.318 bits per heavy atom. The van der Waals surface area contributed by atoms with E-state index in [1.54, 1.807) is 0 Å². The number of ether oxygens (including phenoxy) is 3. The first-order chi connectivity index (χ1) is 32.4. The first kappa shape index (κ1) is 63.6. The smallest absolute Gasteiger partial charge is 0.330 e. The van der Waals surface area contributed by atoms with Crippen LogP contribution in [0.25, 0.3) is 0 Å². The number of hydrogen-bond acceptors (Lipinski definition) is 7. The SMILES string of the molecule is CCCCCCCCCCCCCCC/C=C/C(=O)OCC(CO)(COC(=O)/C=C/CCCCCCCCCCCCCCC)COC(=O)/C=C/CCCCCCCCCCCCCCC. The fourth-order valence-corrected chi connectivity index (χ4v) is 8.46. The number of hydrogen-bond donors (Lipinski definition) is 1. The fraction of sp³-hybridized carbons (Fsp3) is 0.847. The molecule has 0 rings (SSSR count). The first-order valence-electron chi connectivity index (χ1n) is 28.5. The molecule has 0 aromatic rings. The molecule has 0 amide bonds. The lowest BCUT2D eigenvalue weighted by molar-refractivity contribution is -0.159. The number of rotatable bonds is 52. The first-order valence-corrected chi connectivity index (χ1v) is 28.5. The van der Waals surface area contributed by atoms with Crippen molar-refractivity contribution in [1.82, 2.24) is 0 Å². The molecule has 0 aliphatic heterocycles. The fourth-order valence-electron chi connectivity index (χ4n) is 8.46. The van der Waals surface area contributed by atoms with E-state index in [1.165, 1.54) is 230 Å². The van der Waals surface area contributed by atoms with Gasteiger partial charge in [0.1, 0.15) is 19.8 Å². The summed E-state index contributed by atoms with van der Waals surface area (Å²) in [4.78, 5) is 38.2. The molecule has 0 atom stereocenters. The molecule has 386 valence electrons. The summed E-state index contributed by atoms with van der Waals surface area (Å²) in [5, 5.41) is 10.5. The molecule has 0 aromatic carbocycles. The molecule has 0 heterocycles. The van der Waals surface area contributed by atoms with E-state index in [1.807, 2.05) is 18.2 Å². The molecule has 0 unspecified atom stereocenters. The predicted molar refractivity (Wildman–Crippen MR) is 281 cm³/mol. The Kier molecular flexibility index (Phi) is 50.1. The molecule has 0 saturated carbocycles. The van der Waals surface area contributed by atoms with E-state index in [0.29, 0.717) is 0 Å². The van der Waals surface area contributed by atoms with E-state index in [0.717, 1.165) is 57.8 Å². The summed E-state index contributed by atoms with van der Waals surface area (Å²) in [5.74, 6) is -1.60. The van der Waals surface area contributed by atoms with Crippen molar-refractivity contribution in [2.75, 3.05) is 26.4 Å². The Labute approximate surface area is 408 Å². The van der Waals surface area contributed by atoms with Gasteiger partial charge in [0.05, 0.1) is 12.0 Å². The van der Waals surface area contributed by atoms with Crippen molar-refractivity contribution in [2.24, 2.45) is 5.41 Å². The number of aliphatic hydroxyl groups is 1. The standard InChI is InChI=1S/C59H108O7/c1-4-7-10-13-16-19-22-25-28-31-34-37-40-43-46-49-56(61)64-53-59(52-60,54-65-57(62)50-47-44-41-38-35-32-29-26-23-20-17-14-11-8-5-2)55-66-58(63)51-48-45-42-39-36-33-30-27-24-21-18-15-12-9-6-3/h46-51,60H,4-45,52-55H2,1-3H3/b49-46+,50-47+,51-48+. The summed E-state index contributed by atoms with van der Waals surface area (Å²) in [6.07, 6.45) is 62.7. The average molecular weight is 930 g/mol. The minimum absolute atomic E-state index is 0.253. The zero-order valence-electron chi connectivity index (χ0n) is 43.9. The van der Waals surface area contributed by atoms with Crippen LogP contribution in [0.5, 0.6) is 0 Å². The Hall–Kier alpha value is -2.41. The highest BCUT2D eigenvalue weighted by Crippen LogP contribution is 2.21. The third kappa shape index (κ3) is 46.7. The molecule has 66 heavy (non-hydrogen) atoms. The van der Waals surface area contributed by atoms with Crippen molar-refractivity contribution < 1.29 is 33.7 Å². The number of unbranched alkanes of at least 4 members (excludes halogenated alkanes) is 39. The van der Waals surface area contributed by atoms with Gasteiger partial charge in [0.25, 0.3) is 0 Å². The number of esters is 3. The molecule has 0 aromatic heterocycles. The van der Waals surface area contributed by atoms with Crippen LogP contribution in [0.4, 0.5) is 0 Å². The lowest BCUT2D eigenvalue weighted by atomic mass is 9.92. The maximum atomic E-state index is 12.7. The van der Waals surface area contributed by atoms with Crippen LogP contribution in [0, 0.1) is 5.41 Å². The molecule has 0 aliphatic rings. The van der Waals surface area contributed by atoms with Gasteiger partial charge in [-0.25, -0.2) is 14.4 Å². The van der Waals surface area contributed by atoms with Gasteiger partial charge in [0, 0.05) is 18.2 Å². The maximum absolute atomic E-state index is 12.7. The number of allylic oxidation sites excluding steroid dienone is 3. The van der Waals surface area contributed by atoms with Crippen LogP contribution in [0.1, 0.15) is 290 Å². The van der Waals surface area contributed by atoms with Gasteiger partial charge in [0.2, 0.25) is 0 Å². The van der Waals surface area contributed by atoms with Crippen LogP contribution in [0.3, 0.4) is 0 Å². The molecule has 0 saturated heterocycles. The molecule has 0 radical (unpaired) electrons. The summed E-state index contributed by atoms with van der Waals surface area (Å²) in [7, 11) is 0. The van der Waals surface area contributed by atoms with Gasteiger partial charge in [-0.2, -0.15) is 0 Å². The van der Waals surface area contributed by atoms with Crippen molar-refractivity contribution in [3.05, 3.63) is 36.5 Å². The second kappa shape index (κ2) is 52.0. The van der Waals surface area contributed by atoms with Crippen LogP contribution in [0.2, 0.25) is 0 Å². The topological polar surface area (TPSA) is 99.1 Å². The Balaban J connectivity index is 4.70. The van der Waals surface area contributed by atoms with Gasteiger partial charge in [-0.3, -0.25) is 0 Å². The van der Waals surface area contributed by atoms with E-state index in [2.05, 4.69) is 20.8 Å². The molecular weight excluding hydrogens is 821 g/mol. The molecule has 0 spiro atoms. The van der Waals surface area contributed by atoms with E-state index in [-0.39, 0.29) is 19.8 Å². The quantitative estimate of drug-likeness (QED) is 0.0281. The molecule has 0 bridgehead atoms. The van der Waals surface area contributed by atoms with Gasteiger partial charge in [-0.1, -0.05) is 270 Å². The van der Waals surface area contributed by atoms with E-state index in [4.69, 9.17) is 14.2 Å². The Bertz CT molecular complexity index is 1010. The maximum Gasteiger partial charge on any atom is 0.330 e. The van der Waals surface area contributed by atoms with Gasteiger partial charge < -0.3 is 19.3 Å². The zero-order chi connectivity index (χ0) is 48.1. The van der Waals surface area contributed by atoms with Crippen molar-refractivity contribution in [3.63, 3.8) is 0 Å². The van der Waals surface area contributed by atoms with E-state index < -0.39 is 29.9 Å². The second-order valence-electron chi connectivity index (χ2n) is 19.8. The summed E-state index contributed by atoms with van der Waals surface area (Å²) in [6, 6.07) is 0. The zero-order valence-corrected chi connectivity index (χ0v) is 43.9. The third-order valence-corrected chi connectivity index (χ3v) is 13.1. The minimum Gasteiger partial charge on any atom is -0.462 e. The highest BCUT2D eigenvalue weighted by Gasteiger charge is 2.35. The molecule has 7 nitrogen and oxygen atoms in total. The summed E-state index contributed by atoms with van der Waals surface area (Å²) in [5.41, 5.74) is -1.28. The van der Waals surface area contributed by atoms with Crippen molar-refractivity contribution in [3.8, 4) is 0 Å². The summed E-state index contributed by atoms with van der Waals surface area (Å²) in [6.45, 7) is 5.54. The molecule has 0 fully saturated rings. The van der Waals surface area contributed by atoms with Gasteiger partial charge in [-0.05, 0) is 38.5 Å². The predicted octanol–water partition coefficient (Wildman–Crippen LogP) is 17.7. The highest BCUT2D eigenvalue weighted by atomic mass is 16.6. The van der Waals surface area contributed by atoms with Crippen LogP contribution >= 0.6 is 0 Å². The van der Waals surface area contributed by atoms with Gasteiger partial charge in [-0.15, -0.1) is 0 Å².